The molecule has 2 rings (SSSR count). The van der Waals surface area contributed by atoms with Crippen LogP contribution in [0.25, 0.3) is 0 Å². The summed E-state index contributed by atoms with van der Waals surface area (Å²) in [6.07, 6.45) is 1.75. The minimum atomic E-state index is -3.39. The first kappa shape index (κ1) is 13.8. The van der Waals surface area contributed by atoms with Crippen LogP contribution in [0.2, 0.25) is 0 Å². The van der Waals surface area contributed by atoms with E-state index in [-0.39, 0.29) is 6.04 Å². The Balaban J connectivity index is 2.38. The Morgan fingerprint density at radius 2 is 2.06 bits per heavy atom. The molecule has 0 bridgehead atoms. The van der Waals surface area contributed by atoms with Gasteiger partial charge >= 0.3 is 0 Å². The van der Waals surface area contributed by atoms with Crippen molar-refractivity contribution >= 4 is 21.6 Å². The molecular weight excluding hydrogens is 270 g/mol. The molecule has 3 nitrogen and oxygen atoms in total. The van der Waals surface area contributed by atoms with Gasteiger partial charge in [0.15, 0.2) is 0 Å². The number of hydrogen-bond donors (Lipinski definition) is 0. The Morgan fingerprint density at radius 3 is 2.67 bits per heavy atom. The molecule has 1 unspecified atom stereocenters. The number of rotatable bonds is 3. The summed E-state index contributed by atoms with van der Waals surface area (Å²) in [6, 6.07) is 5.22. The van der Waals surface area contributed by atoms with Gasteiger partial charge in [0.25, 0.3) is 0 Å². The number of alkyl halides is 1. The third-order valence-corrected chi connectivity index (χ3v) is 5.89. The Bertz CT molecular complexity index is 542. The second kappa shape index (κ2) is 5.19. The van der Waals surface area contributed by atoms with Crippen LogP contribution >= 0.6 is 11.6 Å². The molecule has 1 atom stereocenters. The van der Waals surface area contributed by atoms with E-state index in [4.69, 9.17) is 11.6 Å². The zero-order chi connectivity index (χ0) is 13.3. The smallest absolute Gasteiger partial charge is 0.207 e. The molecule has 18 heavy (non-hydrogen) atoms. The highest BCUT2D eigenvalue weighted by molar-refractivity contribution is 7.89. The summed E-state index contributed by atoms with van der Waals surface area (Å²) < 4.78 is 26.6. The van der Waals surface area contributed by atoms with Crippen LogP contribution in [0, 0.1) is 13.8 Å². The Hall–Kier alpha value is -0.580. The molecule has 1 fully saturated rings. The van der Waals surface area contributed by atoms with Crippen molar-refractivity contribution in [2.24, 2.45) is 0 Å². The molecule has 0 amide bonds. The van der Waals surface area contributed by atoms with Crippen LogP contribution in [0.5, 0.6) is 0 Å². The molecule has 1 aromatic carbocycles. The molecule has 0 N–H and O–H groups in total. The Morgan fingerprint density at radius 1 is 1.33 bits per heavy atom. The maximum Gasteiger partial charge on any atom is 0.243 e. The summed E-state index contributed by atoms with van der Waals surface area (Å²) in [5.74, 6) is 0.365. The summed E-state index contributed by atoms with van der Waals surface area (Å²) in [4.78, 5) is 0.377. The first-order chi connectivity index (χ1) is 8.46. The lowest BCUT2D eigenvalue weighted by molar-refractivity contribution is 0.411. The van der Waals surface area contributed by atoms with Crippen molar-refractivity contribution in [3.8, 4) is 0 Å². The molecule has 5 heteroatoms. The SMILES string of the molecule is Cc1ccc(S(=O)(=O)N2CCCC2CCl)cc1C. The van der Waals surface area contributed by atoms with Crippen LogP contribution in [0.3, 0.4) is 0 Å². The highest BCUT2D eigenvalue weighted by atomic mass is 35.5. The number of sulfonamides is 1. The maximum absolute atomic E-state index is 12.5. The topological polar surface area (TPSA) is 37.4 Å². The lowest BCUT2D eigenvalue weighted by atomic mass is 10.1. The van der Waals surface area contributed by atoms with Gasteiger partial charge in [-0.05, 0) is 49.9 Å². The fourth-order valence-corrected chi connectivity index (χ4v) is 4.47. The number of aryl methyl sites for hydroxylation is 2. The van der Waals surface area contributed by atoms with Crippen LogP contribution in [0.15, 0.2) is 23.1 Å². The Labute approximate surface area is 114 Å². The fourth-order valence-electron chi connectivity index (χ4n) is 2.29. The van der Waals surface area contributed by atoms with Gasteiger partial charge in [0, 0.05) is 18.5 Å². The maximum atomic E-state index is 12.5. The molecule has 1 saturated heterocycles. The van der Waals surface area contributed by atoms with Crippen molar-refractivity contribution in [3.63, 3.8) is 0 Å². The Kier molecular flexibility index (Phi) is 3.99. The average molecular weight is 288 g/mol. The molecule has 100 valence electrons. The summed E-state index contributed by atoms with van der Waals surface area (Å²) >= 11 is 5.85. The molecule has 1 heterocycles. The summed E-state index contributed by atoms with van der Waals surface area (Å²) in [5.41, 5.74) is 2.10. The molecule has 1 aliphatic rings. The van der Waals surface area contributed by atoms with E-state index < -0.39 is 10.0 Å². The van der Waals surface area contributed by atoms with Crippen molar-refractivity contribution in [3.05, 3.63) is 29.3 Å². The molecule has 0 radical (unpaired) electrons. The van der Waals surface area contributed by atoms with Gasteiger partial charge in [-0.3, -0.25) is 0 Å². The third kappa shape index (κ3) is 2.42. The first-order valence-electron chi connectivity index (χ1n) is 6.12. The van der Waals surface area contributed by atoms with Crippen LogP contribution in [-0.2, 0) is 10.0 Å². The summed E-state index contributed by atoms with van der Waals surface area (Å²) in [6.45, 7) is 4.48. The van der Waals surface area contributed by atoms with Gasteiger partial charge < -0.3 is 0 Å². The molecule has 0 saturated carbocycles. The van der Waals surface area contributed by atoms with Crippen molar-refractivity contribution in [2.45, 2.75) is 37.6 Å². The lowest BCUT2D eigenvalue weighted by Gasteiger charge is -2.22. The van der Waals surface area contributed by atoms with E-state index in [1.807, 2.05) is 19.9 Å². The minimum Gasteiger partial charge on any atom is -0.207 e. The van der Waals surface area contributed by atoms with E-state index >= 15 is 0 Å². The van der Waals surface area contributed by atoms with Gasteiger partial charge in [-0.1, -0.05) is 6.07 Å². The zero-order valence-electron chi connectivity index (χ0n) is 10.7. The second-order valence-corrected chi connectivity index (χ2v) is 7.01. The van der Waals surface area contributed by atoms with Gasteiger partial charge in [-0.15, -0.1) is 11.6 Å². The normalized spacial score (nSPS) is 21.4. The minimum absolute atomic E-state index is 0.0572. The van der Waals surface area contributed by atoms with Crippen LogP contribution in [0.4, 0.5) is 0 Å². The standard InChI is InChI=1S/C13H18ClNO2S/c1-10-5-6-13(8-11(10)2)18(16,17)15-7-3-4-12(15)9-14/h5-6,8,12H,3-4,7,9H2,1-2H3. The highest BCUT2D eigenvalue weighted by Gasteiger charge is 2.34. The number of benzene rings is 1. The lowest BCUT2D eigenvalue weighted by Crippen LogP contribution is -2.36. The summed E-state index contributed by atoms with van der Waals surface area (Å²) in [7, 11) is -3.39. The monoisotopic (exact) mass is 287 g/mol. The molecule has 0 aromatic heterocycles. The van der Waals surface area contributed by atoms with Gasteiger partial charge in [-0.2, -0.15) is 4.31 Å². The number of nitrogens with zero attached hydrogens (tertiary/aromatic N) is 1. The highest BCUT2D eigenvalue weighted by Crippen LogP contribution is 2.27. The molecule has 0 spiro atoms. The number of hydrogen-bond acceptors (Lipinski definition) is 2. The average Bonchev–Trinajstić information content (AvgIpc) is 2.81. The van der Waals surface area contributed by atoms with Crippen LogP contribution < -0.4 is 0 Å². The van der Waals surface area contributed by atoms with Gasteiger partial charge in [0.2, 0.25) is 10.0 Å². The molecule has 1 aromatic rings. The zero-order valence-corrected chi connectivity index (χ0v) is 12.3. The van der Waals surface area contributed by atoms with Crippen LogP contribution in [-0.4, -0.2) is 31.2 Å². The van der Waals surface area contributed by atoms with Gasteiger partial charge in [-0.25, -0.2) is 8.42 Å². The van der Waals surface area contributed by atoms with Crippen molar-refractivity contribution in [1.29, 1.82) is 0 Å². The van der Waals surface area contributed by atoms with Crippen molar-refractivity contribution < 1.29 is 8.42 Å². The largest absolute Gasteiger partial charge is 0.243 e. The number of halogens is 1. The van der Waals surface area contributed by atoms with E-state index in [2.05, 4.69) is 0 Å². The van der Waals surface area contributed by atoms with Gasteiger partial charge in [0.1, 0.15) is 0 Å². The van der Waals surface area contributed by atoms with E-state index in [0.29, 0.717) is 17.3 Å². The van der Waals surface area contributed by atoms with E-state index in [9.17, 15) is 8.42 Å². The third-order valence-electron chi connectivity index (χ3n) is 3.59. The quantitative estimate of drug-likeness (QED) is 0.802. The van der Waals surface area contributed by atoms with Crippen LogP contribution in [0.1, 0.15) is 24.0 Å². The predicted octanol–water partition coefficient (Wildman–Crippen LogP) is 2.70. The molecule has 1 aliphatic heterocycles. The van der Waals surface area contributed by atoms with E-state index in [1.54, 1.807) is 16.4 Å². The van der Waals surface area contributed by atoms with Crippen molar-refractivity contribution in [2.75, 3.05) is 12.4 Å². The van der Waals surface area contributed by atoms with E-state index in [1.165, 1.54) is 0 Å². The molecule has 0 aliphatic carbocycles. The second-order valence-electron chi connectivity index (χ2n) is 4.81. The molecular formula is C13H18ClNO2S. The fraction of sp³-hybridized carbons (Fsp3) is 0.538. The van der Waals surface area contributed by atoms with Gasteiger partial charge in [0.05, 0.1) is 4.90 Å². The predicted molar refractivity (Wildman–Crippen MR) is 73.5 cm³/mol. The summed E-state index contributed by atoms with van der Waals surface area (Å²) in [5, 5.41) is 0. The van der Waals surface area contributed by atoms with E-state index in [0.717, 1.165) is 24.0 Å². The first-order valence-corrected chi connectivity index (χ1v) is 8.09. The van der Waals surface area contributed by atoms with Crippen molar-refractivity contribution in [1.82, 2.24) is 4.31 Å².